The number of rotatable bonds is 3. The van der Waals surface area contributed by atoms with Crippen molar-refractivity contribution in [2.75, 3.05) is 0 Å². The normalized spacial score (nSPS) is 10.7. The third-order valence-corrected chi connectivity index (χ3v) is 2.26. The summed E-state index contributed by atoms with van der Waals surface area (Å²) in [4.78, 5) is 14.4. The molecule has 6 heteroatoms. The summed E-state index contributed by atoms with van der Waals surface area (Å²) in [5, 5.41) is 8.84. The Labute approximate surface area is 89.7 Å². The van der Waals surface area contributed by atoms with E-state index in [2.05, 4.69) is 4.98 Å². The Morgan fingerprint density at radius 1 is 1.67 bits per heavy atom. The standard InChI is InChI=1S/C9H8ClF2NO2/c1-4-7(9(14)15)5(2-10)6(3-13-4)8(11)12/h3,8H,2H2,1H3,(H,14,15). The van der Waals surface area contributed by atoms with E-state index < -0.39 is 18.0 Å². The minimum absolute atomic E-state index is 0.0633. The van der Waals surface area contributed by atoms with Crippen LogP contribution in [-0.2, 0) is 5.88 Å². The highest BCUT2D eigenvalue weighted by molar-refractivity contribution is 6.17. The summed E-state index contributed by atoms with van der Waals surface area (Å²) >= 11 is 5.47. The fourth-order valence-electron chi connectivity index (χ4n) is 1.29. The number of halogens is 3. The van der Waals surface area contributed by atoms with Gasteiger partial charge in [0.05, 0.1) is 11.3 Å². The number of nitrogens with zero attached hydrogens (tertiary/aromatic N) is 1. The van der Waals surface area contributed by atoms with E-state index in [0.29, 0.717) is 0 Å². The fraction of sp³-hybridized carbons (Fsp3) is 0.333. The first-order valence-electron chi connectivity index (χ1n) is 4.04. The van der Waals surface area contributed by atoms with Crippen LogP contribution in [-0.4, -0.2) is 16.1 Å². The predicted octanol–water partition coefficient (Wildman–Crippen LogP) is 2.76. The molecule has 0 radical (unpaired) electrons. The molecule has 0 aromatic carbocycles. The Morgan fingerprint density at radius 3 is 2.67 bits per heavy atom. The lowest BCUT2D eigenvalue weighted by Crippen LogP contribution is -2.09. The number of aromatic carboxylic acids is 1. The Morgan fingerprint density at radius 2 is 2.27 bits per heavy atom. The largest absolute Gasteiger partial charge is 0.478 e. The van der Waals surface area contributed by atoms with Crippen LogP contribution in [0, 0.1) is 6.92 Å². The van der Waals surface area contributed by atoms with Gasteiger partial charge in [-0.15, -0.1) is 11.6 Å². The molecule has 1 aromatic rings. The van der Waals surface area contributed by atoms with Crippen molar-refractivity contribution in [3.63, 3.8) is 0 Å². The van der Waals surface area contributed by atoms with Crippen molar-refractivity contribution in [3.05, 3.63) is 28.6 Å². The summed E-state index contributed by atoms with van der Waals surface area (Å²) in [6.45, 7) is 1.44. The van der Waals surface area contributed by atoms with Crippen molar-refractivity contribution in [2.45, 2.75) is 19.2 Å². The van der Waals surface area contributed by atoms with E-state index in [-0.39, 0.29) is 22.7 Å². The lowest BCUT2D eigenvalue weighted by atomic mass is 10.0. The minimum Gasteiger partial charge on any atom is -0.478 e. The van der Waals surface area contributed by atoms with E-state index in [1.54, 1.807) is 0 Å². The third-order valence-electron chi connectivity index (χ3n) is 1.99. The number of hydrogen-bond donors (Lipinski definition) is 1. The van der Waals surface area contributed by atoms with Crippen LogP contribution in [0.15, 0.2) is 6.20 Å². The molecule has 0 amide bonds. The third kappa shape index (κ3) is 2.23. The smallest absolute Gasteiger partial charge is 0.337 e. The first kappa shape index (κ1) is 11.8. The van der Waals surface area contributed by atoms with E-state index in [4.69, 9.17) is 16.7 Å². The van der Waals surface area contributed by atoms with E-state index in [0.717, 1.165) is 6.20 Å². The first-order valence-corrected chi connectivity index (χ1v) is 4.58. The highest BCUT2D eigenvalue weighted by atomic mass is 35.5. The molecule has 0 aliphatic rings. The van der Waals surface area contributed by atoms with Gasteiger partial charge in [0, 0.05) is 17.6 Å². The molecule has 0 spiro atoms. The molecular formula is C9H8ClF2NO2. The molecule has 1 aromatic heterocycles. The average molecular weight is 236 g/mol. The lowest BCUT2D eigenvalue weighted by Gasteiger charge is -2.10. The molecule has 1 rings (SSSR count). The van der Waals surface area contributed by atoms with Crippen LogP contribution in [0.5, 0.6) is 0 Å². The van der Waals surface area contributed by atoms with E-state index in [1.165, 1.54) is 6.92 Å². The van der Waals surface area contributed by atoms with Crippen molar-refractivity contribution in [1.82, 2.24) is 4.98 Å². The SMILES string of the molecule is Cc1ncc(C(F)F)c(CCl)c1C(=O)O. The summed E-state index contributed by atoms with van der Waals surface area (Å²) in [7, 11) is 0. The van der Waals surface area contributed by atoms with Crippen LogP contribution in [0.4, 0.5) is 8.78 Å². The minimum atomic E-state index is -2.77. The molecule has 0 saturated heterocycles. The second-order valence-electron chi connectivity index (χ2n) is 2.89. The Kier molecular flexibility index (Phi) is 3.57. The second-order valence-corrected chi connectivity index (χ2v) is 3.16. The zero-order chi connectivity index (χ0) is 11.6. The van der Waals surface area contributed by atoms with E-state index in [1.807, 2.05) is 0 Å². The highest BCUT2D eigenvalue weighted by Gasteiger charge is 2.21. The fourth-order valence-corrected chi connectivity index (χ4v) is 1.58. The molecule has 0 saturated carbocycles. The van der Waals surface area contributed by atoms with Crippen LogP contribution >= 0.6 is 11.6 Å². The summed E-state index contributed by atoms with van der Waals surface area (Å²) in [6, 6.07) is 0. The monoisotopic (exact) mass is 235 g/mol. The second kappa shape index (κ2) is 4.53. The van der Waals surface area contributed by atoms with Gasteiger partial charge in [0.15, 0.2) is 0 Å². The molecule has 3 nitrogen and oxygen atoms in total. The Hall–Kier alpha value is -1.23. The average Bonchev–Trinajstić information content (AvgIpc) is 2.15. The van der Waals surface area contributed by atoms with E-state index in [9.17, 15) is 13.6 Å². The summed E-state index contributed by atoms with van der Waals surface area (Å²) < 4.78 is 25.0. The van der Waals surface area contributed by atoms with Crippen molar-refractivity contribution < 1.29 is 18.7 Å². The maximum Gasteiger partial charge on any atom is 0.337 e. The summed E-state index contributed by atoms with van der Waals surface area (Å²) in [5.41, 5.74) is -0.537. The van der Waals surface area contributed by atoms with E-state index >= 15 is 0 Å². The molecule has 15 heavy (non-hydrogen) atoms. The van der Waals surface area contributed by atoms with Gasteiger partial charge in [-0.25, -0.2) is 13.6 Å². The van der Waals surface area contributed by atoms with Gasteiger partial charge in [0.2, 0.25) is 0 Å². The number of carboxylic acids is 1. The molecule has 0 fully saturated rings. The maximum atomic E-state index is 12.5. The number of alkyl halides is 3. The van der Waals surface area contributed by atoms with Crippen LogP contribution in [0.3, 0.4) is 0 Å². The van der Waals surface area contributed by atoms with Gasteiger partial charge in [0.25, 0.3) is 6.43 Å². The number of pyridine rings is 1. The van der Waals surface area contributed by atoms with Crippen molar-refractivity contribution in [1.29, 1.82) is 0 Å². The van der Waals surface area contributed by atoms with Crippen molar-refractivity contribution in [3.8, 4) is 0 Å². The van der Waals surface area contributed by atoms with Crippen molar-refractivity contribution >= 4 is 17.6 Å². The zero-order valence-corrected chi connectivity index (χ0v) is 8.55. The number of carboxylic acid groups (broad SMARTS) is 1. The summed E-state index contributed by atoms with van der Waals surface area (Å²) in [5.74, 6) is -1.57. The van der Waals surface area contributed by atoms with Crippen LogP contribution < -0.4 is 0 Å². The lowest BCUT2D eigenvalue weighted by molar-refractivity contribution is 0.0694. The highest BCUT2D eigenvalue weighted by Crippen LogP contribution is 2.27. The molecule has 1 N–H and O–H groups in total. The molecule has 0 bridgehead atoms. The zero-order valence-electron chi connectivity index (χ0n) is 7.80. The van der Waals surface area contributed by atoms with Gasteiger partial charge < -0.3 is 5.11 Å². The first-order chi connectivity index (χ1) is 6.99. The molecule has 82 valence electrons. The van der Waals surface area contributed by atoms with Gasteiger partial charge in [-0.05, 0) is 12.5 Å². The van der Waals surface area contributed by atoms with Crippen LogP contribution in [0.1, 0.15) is 33.6 Å². The topological polar surface area (TPSA) is 50.2 Å². The van der Waals surface area contributed by atoms with Gasteiger partial charge in [-0.3, -0.25) is 4.98 Å². The van der Waals surface area contributed by atoms with Crippen LogP contribution in [0.25, 0.3) is 0 Å². The van der Waals surface area contributed by atoms with Gasteiger partial charge in [-0.2, -0.15) is 0 Å². The molecule has 0 atom stereocenters. The molecule has 0 aliphatic carbocycles. The Balaban J connectivity index is 3.47. The van der Waals surface area contributed by atoms with Crippen LogP contribution in [0.2, 0.25) is 0 Å². The number of aromatic nitrogens is 1. The van der Waals surface area contributed by atoms with Gasteiger partial charge >= 0.3 is 5.97 Å². The quantitative estimate of drug-likeness (QED) is 0.820. The molecule has 0 unspecified atom stereocenters. The molecule has 1 heterocycles. The van der Waals surface area contributed by atoms with Gasteiger partial charge in [0.1, 0.15) is 0 Å². The summed E-state index contributed by atoms with van der Waals surface area (Å²) in [6.07, 6.45) is -1.81. The molecular weight excluding hydrogens is 228 g/mol. The molecule has 0 aliphatic heterocycles. The van der Waals surface area contributed by atoms with Gasteiger partial charge in [-0.1, -0.05) is 0 Å². The number of carbonyl (C=O) groups is 1. The van der Waals surface area contributed by atoms with Crippen molar-refractivity contribution in [2.24, 2.45) is 0 Å². The predicted molar refractivity (Wildman–Crippen MR) is 50.4 cm³/mol. The number of hydrogen-bond acceptors (Lipinski definition) is 2. The Bertz CT molecular complexity index is 396. The number of aryl methyl sites for hydroxylation is 1. The maximum absolute atomic E-state index is 12.5.